The highest BCUT2D eigenvalue weighted by Crippen LogP contribution is 2.53. The first-order valence-electron chi connectivity index (χ1n) is 23.2. The molecule has 2 saturated heterocycles. The molecule has 2 spiro atoms. The van der Waals surface area contributed by atoms with Gasteiger partial charge in [-0.1, -0.05) is 98.6 Å². The minimum Gasteiger partial charge on any atom is -0.393 e. The van der Waals surface area contributed by atoms with Gasteiger partial charge in [-0.3, -0.25) is 0 Å². The SMILES string of the molecule is C#C.CC.CCCC1[C@H](C)CC[C@@H](C(C)C(O)CCOCC)[C@@]12COC(C)OO2.CCCC1[C@H](C)CC[C@@H](C(C)C(O)CCOCc2ccccc2)[C@@]12COC(C)OO2. The third-order valence-corrected chi connectivity index (χ3v) is 13.6. The van der Waals surface area contributed by atoms with E-state index >= 15 is 0 Å². The summed E-state index contributed by atoms with van der Waals surface area (Å²) in [5, 5.41) is 21.7. The topological polar surface area (TPSA) is 114 Å². The highest BCUT2D eigenvalue weighted by molar-refractivity contribution is 5.13. The van der Waals surface area contributed by atoms with E-state index in [-0.39, 0.29) is 36.3 Å². The lowest BCUT2D eigenvalue weighted by atomic mass is 9.59. The second kappa shape index (κ2) is 28.1. The molecule has 14 atom stereocenters. The number of terminal acetylenes is 1. The number of ether oxygens (including phenoxy) is 4. The third kappa shape index (κ3) is 14.7. The van der Waals surface area contributed by atoms with Crippen LogP contribution < -0.4 is 0 Å². The van der Waals surface area contributed by atoms with Crippen molar-refractivity contribution in [3.63, 3.8) is 0 Å². The van der Waals surface area contributed by atoms with Gasteiger partial charge in [0.05, 0.1) is 32.0 Å². The Hall–Kier alpha value is -1.62. The van der Waals surface area contributed by atoms with Crippen LogP contribution in [0.4, 0.5) is 0 Å². The van der Waals surface area contributed by atoms with Crippen molar-refractivity contribution in [3.05, 3.63) is 35.9 Å². The van der Waals surface area contributed by atoms with Crippen LogP contribution in [0.25, 0.3) is 0 Å². The number of benzene rings is 1. The molecule has 2 heterocycles. The monoisotopic (exact) mass is 835 g/mol. The highest BCUT2D eigenvalue weighted by Gasteiger charge is 2.58. The first-order chi connectivity index (χ1) is 28.4. The van der Waals surface area contributed by atoms with Crippen LogP contribution in [-0.2, 0) is 45.1 Å². The fourth-order valence-corrected chi connectivity index (χ4v) is 10.4. The number of rotatable bonds is 17. The average Bonchev–Trinajstić information content (AvgIpc) is 3.26. The van der Waals surface area contributed by atoms with Gasteiger partial charge in [-0.15, -0.1) is 12.8 Å². The van der Waals surface area contributed by atoms with E-state index in [0.717, 1.165) is 50.5 Å². The molecular formula is C49H86O10. The molecular weight excluding hydrogens is 749 g/mol. The van der Waals surface area contributed by atoms with E-state index in [1.165, 1.54) is 6.42 Å². The van der Waals surface area contributed by atoms with E-state index in [1.807, 2.05) is 52.8 Å². The lowest BCUT2D eigenvalue weighted by Crippen LogP contribution is -2.61. The van der Waals surface area contributed by atoms with Crippen molar-refractivity contribution in [2.45, 2.75) is 183 Å². The Morgan fingerprint density at radius 1 is 0.678 bits per heavy atom. The van der Waals surface area contributed by atoms with E-state index in [9.17, 15) is 10.2 Å². The second-order valence-corrected chi connectivity index (χ2v) is 17.3. The minimum absolute atomic E-state index is 0.0813. The van der Waals surface area contributed by atoms with Crippen molar-refractivity contribution in [2.75, 3.05) is 33.0 Å². The average molecular weight is 835 g/mol. The van der Waals surface area contributed by atoms with Gasteiger partial charge in [0.15, 0.2) is 12.6 Å². The molecule has 59 heavy (non-hydrogen) atoms. The minimum atomic E-state index is -0.481. The van der Waals surface area contributed by atoms with E-state index in [2.05, 4.69) is 66.5 Å². The van der Waals surface area contributed by atoms with Gasteiger partial charge in [-0.2, -0.15) is 0 Å². The molecule has 2 N–H and O–H groups in total. The summed E-state index contributed by atoms with van der Waals surface area (Å²) in [4.78, 5) is 23.4. The maximum absolute atomic E-state index is 11.0. The number of aliphatic hydroxyl groups excluding tert-OH is 2. The van der Waals surface area contributed by atoms with Crippen molar-refractivity contribution in [2.24, 2.45) is 47.3 Å². The van der Waals surface area contributed by atoms with E-state index in [1.54, 1.807) is 0 Å². The molecule has 5 rings (SSSR count). The summed E-state index contributed by atoms with van der Waals surface area (Å²) in [6.45, 7) is 26.6. The van der Waals surface area contributed by atoms with Gasteiger partial charge in [0.2, 0.25) is 0 Å². The fraction of sp³-hybridized carbons (Fsp3) is 0.837. The van der Waals surface area contributed by atoms with Gasteiger partial charge in [-0.05, 0) is 125 Å². The summed E-state index contributed by atoms with van der Waals surface area (Å²) in [5.41, 5.74) is 0.221. The number of hydrogen-bond acceptors (Lipinski definition) is 10. The van der Waals surface area contributed by atoms with Gasteiger partial charge in [0.1, 0.15) is 11.2 Å². The third-order valence-electron chi connectivity index (χ3n) is 13.6. The molecule has 2 saturated carbocycles. The zero-order chi connectivity index (χ0) is 44.0. The number of hydrogen-bond donors (Lipinski definition) is 2. The Balaban J connectivity index is 0.000000381. The van der Waals surface area contributed by atoms with Crippen molar-refractivity contribution in [3.8, 4) is 12.8 Å². The van der Waals surface area contributed by atoms with Gasteiger partial charge in [-0.25, -0.2) is 19.6 Å². The smallest absolute Gasteiger partial charge is 0.188 e. The fourth-order valence-electron chi connectivity index (χ4n) is 10.4. The van der Waals surface area contributed by atoms with Crippen LogP contribution in [0.2, 0.25) is 0 Å². The van der Waals surface area contributed by atoms with Crippen LogP contribution in [0.3, 0.4) is 0 Å². The predicted octanol–water partition coefficient (Wildman–Crippen LogP) is 10.3. The first-order valence-corrected chi connectivity index (χ1v) is 23.2. The summed E-state index contributed by atoms with van der Waals surface area (Å²) in [5.74, 6) is 2.52. The Bertz CT molecular complexity index is 1210. The quantitative estimate of drug-likeness (QED) is 0.0893. The molecule has 0 radical (unpaired) electrons. The molecule has 1 aromatic rings. The van der Waals surface area contributed by atoms with Gasteiger partial charge in [0, 0.05) is 19.8 Å². The Morgan fingerprint density at radius 3 is 1.47 bits per heavy atom. The van der Waals surface area contributed by atoms with Crippen LogP contribution >= 0.6 is 0 Å². The Labute approximate surface area is 359 Å². The van der Waals surface area contributed by atoms with Crippen LogP contribution in [0.1, 0.15) is 146 Å². The zero-order valence-corrected chi connectivity index (χ0v) is 38.9. The first kappa shape index (κ1) is 53.5. The molecule has 2 aliphatic heterocycles. The Morgan fingerprint density at radius 2 is 1.10 bits per heavy atom. The van der Waals surface area contributed by atoms with Gasteiger partial charge >= 0.3 is 0 Å². The molecule has 2 aliphatic carbocycles. The van der Waals surface area contributed by atoms with Crippen molar-refractivity contribution in [1.82, 2.24) is 0 Å². The molecule has 4 fully saturated rings. The molecule has 4 aliphatic rings. The molecule has 1 aromatic carbocycles. The maximum atomic E-state index is 11.0. The van der Waals surface area contributed by atoms with Gasteiger partial charge in [0.25, 0.3) is 0 Å². The van der Waals surface area contributed by atoms with E-state index in [0.29, 0.717) is 76.2 Å². The summed E-state index contributed by atoms with van der Waals surface area (Å²) in [6, 6.07) is 10.1. The standard InChI is InChI=1S/C25H40O5.C20H38O5.C2H6.C2H2/c1-5-9-22-18(2)12-13-23(25(22)17-28-20(4)29-30-25)19(3)24(26)14-15-27-16-21-10-7-6-8-11-21;1-6-8-17-14(3)9-10-18(15(4)19(21)11-12-22-7-2)20(17)13-23-16(5)24-25-20;2*1-2/h6-8,10-11,18-20,22-24,26H,5,9,12-17H2,1-4H3;14-19,21H,6-13H2,1-5H3;1-2H3;1-2H/t18-,19?,20?,22?,23+,24?,25-;14-,15?,16?,17?,18+,19?,20-;;/m11../s1. The second-order valence-electron chi connectivity index (χ2n) is 17.3. The van der Waals surface area contributed by atoms with Crippen LogP contribution in [0, 0.1) is 60.2 Å². The van der Waals surface area contributed by atoms with Crippen LogP contribution in [-0.4, -0.2) is 79.2 Å². The Kier molecular flexibility index (Phi) is 25.5. The lowest BCUT2D eigenvalue weighted by molar-refractivity contribution is -0.493. The van der Waals surface area contributed by atoms with Crippen molar-refractivity contribution >= 4 is 0 Å². The zero-order valence-electron chi connectivity index (χ0n) is 38.9. The molecule has 10 nitrogen and oxygen atoms in total. The summed E-state index contributed by atoms with van der Waals surface area (Å²) < 4.78 is 23.1. The van der Waals surface area contributed by atoms with Crippen molar-refractivity contribution < 1.29 is 48.7 Å². The van der Waals surface area contributed by atoms with Crippen LogP contribution in [0.15, 0.2) is 30.3 Å². The number of aliphatic hydroxyl groups is 2. The molecule has 0 aromatic heterocycles. The normalized spacial score (nSPS) is 33.8. The van der Waals surface area contributed by atoms with E-state index < -0.39 is 23.4 Å². The maximum Gasteiger partial charge on any atom is 0.188 e. The molecule has 8 unspecified atom stereocenters. The van der Waals surface area contributed by atoms with E-state index in [4.69, 9.17) is 38.5 Å². The van der Waals surface area contributed by atoms with Crippen molar-refractivity contribution in [1.29, 1.82) is 0 Å². The molecule has 342 valence electrons. The van der Waals surface area contributed by atoms with Gasteiger partial charge < -0.3 is 29.2 Å². The van der Waals surface area contributed by atoms with Crippen LogP contribution in [0.5, 0.6) is 0 Å². The lowest BCUT2D eigenvalue weighted by Gasteiger charge is -2.55. The molecule has 0 bridgehead atoms. The summed E-state index contributed by atoms with van der Waals surface area (Å²) >= 11 is 0. The predicted molar refractivity (Wildman–Crippen MR) is 235 cm³/mol. The summed E-state index contributed by atoms with van der Waals surface area (Å²) in [7, 11) is 0. The molecule has 10 heteroatoms. The molecule has 0 amide bonds. The summed E-state index contributed by atoms with van der Waals surface area (Å²) in [6.07, 6.45) is 16.5. The largest absolute Gasteiger partial charge is 0.393 e. The highest BCUT2D eigenvalue weighted by atomic mass is 17.2.